The quantitative estimate of drug-likeness (QED) is 0.801. The van der Waals surface area contributed by atoms with Gasteiger partial charge in [-0.2, -0.15) is 0 Å². The summed E-state index contributed by atoms with van der Waals surface area (Å²) in [5, 5.41) is 5.68. The second-order valence-corrected chi connectivity index (χ2v) is 7.85. The number of hydrogen-bond donors (Lipinski definition) is 1. The molecule has 1 aliphatic heterocycles. The van der Waals surface area contributed by atoms with Crippen molar-refractivity contribution in [2.45, 2.75) is 37.6 Å². The number of rotatable bonds is 5. The number of carbonyl (C=O) groups is 1. The summed E-state index contributed by atoms with van der Waals surface area (Å²) < 4.78 is 0. The normalized spacial score (nSPS) is 15.4. The van der Waals surface area contributed by atoms with Gasteiger partial charge in [-0.15, -0.1) is 23.1 Å². The maximum atomic E-state index is 12.5. The van der Waals surface area contributed by atoms with Crippen molar-refractivity contribution >= 4 is 34.1 Å². The average molecular weight is 362 g/mol. The highest BCUT2D eigenvalue weighted by molar-refractivity contribution is 7.98. The van der Waals surface area contributed by atoms with Gasteiger partial charge >= 0.3 is 0 Å². The molecular formula is C18H23N3OS2. The van der Waals surface area contributed by atoms with Crippen LogP contribution >= 0.6 is 23.1 Å². The van der Waals surface area contributed by atoms with Crippen LogP contribution in [0.4, 0.5) is 5.13 Å². The fraction of sp³-hybridized carbons (Fsp3) is 0.444. The molecule has 1 aromatic heterocycles. The van der Waals surface area contributed by atoms with Crippen molar-refractivity contribution in [2.24, 2.45) is 0 Å². The number of likely N-dealkylation sites (tertiary alicyclic amines) is 1. The standard InChI is InChI=1S/C18H23N3OS2/c1-13-6-7-15(23-2)10-16(13)17(22)20-18-19-14(12-24-18)11-21-8-4-3-5-9-21/h6-7,10,12H,3-5,8-9,11H2,1-2H3,(H,19,20,22). The summed E-state index contributed by atoms with van der Waals surface area (Å²) in [4.78, 5) is 20.7. The highest BCUT2D eigenvalue weighted by atomic mass is 32.2. The summed E-state index contributed by atoms with van der Waals surface area (Å²) in [5.74, 6) is -0.0812. The molecule has 6 heteroatoms. The number of carbonyl (C=O) groups excluding carboxylic acids is 1. The lowest BCUT2D eigenvalue weighted by Crippen LogP contribution is -2.29. The molecule has 0 atom stereocenters. The molecule has 0 spiro atoms. The molecule has 0 radical (unpaired) electrons. The Balaban J connectivity index is 1.64. The molecule has 1 amide bonds. The van der Waals surface area contributed by atoms with Crippen molar-refractivity contribution in [1.82, 2.24) is 9.88 Å². The minimum atomic E-state index is -0.0812. The zero-order chi connectivity index (χ0) is 16.9. The second-order valence-electron chi connectivity index (χ2n) is 6.12. The molecule has 1 aromatic carbocycles. The summed E-state index contributed by atoms with van der Waals surface area (Å²) >= 11 is 3.14. The molecular weight excluding hydrogens is 338 g/mol. The molecule has 128 valence electrons. The van der Waals surface area contributed by atoms with E-state index in [4.69, 9.17) is 0 Å². The van der Waals surface area contributed by atoms with Crippen molar-refractivity contribution in [1.29, 1.82) is 0 Å². The fourth-order valence-electron chi connectivity index (χ4n) is 2.92. The molecule has 4 nitrogen and oxygen atoms in total. The van der Waals surface area contributed by atoms with E-state index >= 15 is 0 Å². The number of thioether (sulfide) groups is 1. The molecule has 0 saturated carbocycles. The number of piperidine rings is 1. The molecule has 0 unspecified atom stereocenters. The number of amides is 1. The van der Waals surface area contributed by atoms with Gasteiger partial charge in [0.05, 0.1) is 5.69 Å². The predicted molar refractivity (Wildman–Crippen MR) is 102 cm³/mol. The van der Waals surface area contributed by atoms with Gasteiger partial charge in [0.25, 0.3) is 5.91 Å². The van der Waals surface area contributed by atoms with Gasteiger partial charge < -0.3 is 0 Å². The minimum absolute atomic E-state index is 0.0812. The van der Waals surface area contributed by atoms with Crippen molar-refractivity contribution in [2.75, 3.05) is 24.7 Å². The van der Waals surface area contributed by atoms with E-state index in [9.17, 15) is 4.79 Å². The SMILES string of the molecule is CSc1ccc(C)c(C(=O)Nc2nc(CN3CCCCC3)cs2)c1. The van der Waals surface area contributed by atoms with Crippen LogP contribution in [0.15, 0.2) is 28.5 Å². The minimum Gasteiger partial charge on any atom is -0.298 e. The average Bonchev–Trinajstić information content (AvgIpc) is 3.03. The van der Waals surface area contributed by atoms with E-state index < -0.39 is 0 Å². The highest BCUT2D eigenvalue weighted by Gasteiger charge is 2.15. The molecule has 24 heavy (non-hydrogen) atoms. The first-order valence-electron chi connectivity index (χ1n) is 8.28. The van der Waals surface area contributed by atoms with Gasteiger partial charge in [-0.3, -0.25) is 15.0 Å². The lowest BCUT2D eigenvalue weighted by Gasteiger charge is -2.25. The van der Waals surface area contributed by atoms with Crippen LogP contribution in [0.3, 0.4) is 0 Å². The number of benzene rings is 1. The first-order chi connectivity index (χ1) is 11.7. The Morgan fingerprint density at radius 2 is 2.12 bits per heavy atom. The third-order valence-electron chi connectivity index (χ3n) is 4.30. The first-order valence-corrected chi connectivity index (χ1v) is 10.4. The van der Waals surface area contributed by atoms with E-state index in [1.165, 1.54) is 30.6 Å². The predicted octanol–water partition coefficient (Wildman–Crippen LogP) is 4.41. The zero-order valence-corrected chi connectivity index (χ0v) is 15.8. The monoisotopic (exact) mass is 361 g/mol. The molecule has 0 aliphatic carbocycles. The molecule has 1 N–H and O–H groups in total. The van der Waals surface area contributed by atoms with E-state index in [0.717, 1.165) is 41.4 Å². The number of aryl methyl sites for hydroxylation is 1. The van der Waals surface area contributed by atoms with Crippen molar-refractivity contribution in [3.63, 3.8) is 0 Å². The molecule has 2 aromatic rings. The third-order valence-corrected chi connectivity index (χ3v) is 5.83. The summed E-state index contributed by atoms with van der Waals surface area (Å²) in [7, 11) is 0. The zero-order valence-electron chi connectivity index (χ0n) is 14.2. The summed E-state index contributed by atoms with van der Waals surface area (Å²) in [6.45, 7) is 5.15. The van der Waals surface area contributed by atoms with Crippen LogP contribution < -0.4 is 5.32 Å². The molecule has 3 rings (SSSR count). The van der Waals surface area contributed by atoms with Crippen LogP contribution in [0.25, 0.3) is 0 Å². The Bertz CT molecular complexity index is 708. The van der Waals surface area contributed by atoms with Crippen molar-refractivity contribution in [3.05, 3.63) is 40.4 Å². The van der Waals surface area contributed by atoms with Crippen LogP contribution in [0, 0.1) is 6.92 Å². The summed E-state index contributed by atoms with van der Waals surface area (Å²) in [6.07, 6.45) is 5.90. The van der Waals surface area contributed by atoms with E-state index in [0.29, 0.717) is 5.13 Å². The molecule has 1 saturated heterocycles. The van der Waals surface area contributed by atoms with Gasteiger partial charge in [0.2, 0.25) is 0 Å². The Morgan fingerprint density at radius 3 is 2.88 bits per heavy atom. The van der Waals surface area contributed by atoms with Crippen LogP contribution in [0.1, 0.15) is 40.9 Å². The van der Waals surface area contributed by atoms with Gasteiger partial charge in [0, 0.05) is 22.4 Å². The van der Waals surface area contributed by atoms with Crippen LogP contribution in [-0.4, -0.2) is 35.1 Å². The Labute approximate surface area is 151 Å². The lowest BCUT2D eigenvalue weighted by molar-refractivity contribution is 0.102. The van der Waals surface area contributed by atoms with Gasteiger partial charge in [0.1, 0.15) is 0 Å². The van der Waals surface area contributed by atoms with E-state index in [1.54, 1.807) is 11.8 Å². The molecule has 2 heterocycles. The van der Waals surface area contributed by atoms with Crippen molar-refractivity contribution in [3.8, 4) is 0 Å². The van der Waals surface area contributed by atoms with Crippen LogP contribution in [-0.2, 0) is 6.54 Å². The van der Waals surface area contributed by atoms with Gasteiger partial charge in [-0.05, 0) is 56.8 Å². The number of aromatic nitrogens is 1. The summed E-state index contributed by atoms with van der Waals surface area (Å²) in [5.41, 5.74) is 2.75. The van der Waals surface area contributed by atoms with E-state index in [1.807, 2.05) is 31.4 Å². The van der Waals surface area contributed by atoms with Crippen LogP contribution in [0.5, 0.6) is 0 Å². The molecule has 1 fully saturated rings. The fourth-order valence-corrected chi connectivity index (χ4v) is 4.06. The number of nitrogens with one attached hydrogen (secondary N) is 1. The topological polar surface area (TPSA) is 45.2 Å². The maximum absolute atomic E-state index is 12.5. The highest BCUT2D eigenvalue weighted by Crippen LogP contribution is 2.22. The smallest absolute Gasteiger partial charge is 0.257 e. The van der Waals surface area contributed by atoms with Gasteiger partial charge in [0.15, 0.2) is 5.13 Å². The van der Waals surface area contributed by atoms with Gasteiger partial charge in [-0.1, -0.05) is 12.5 Å². The number of nitrogens with zero attached hydrogens (tertiary/aromatic N) is 2. The largest absolute Gasteiger partial charge is 0.298 e. The number of hydrogen-bond acceptors (Lipinski definition) is 5. The van der Waals surface area contributed by atoms with Gasteiger partial charge in [-0.25, -0.2) is 4.98 Å². The lowest BCUT2D eigenvalue weighted by atomic mass is 10.1. The third kappa shape index (κ3) is 4.37. The van der Waals surface area contributed by atoms with Crippen molar-refractivity contribution < 1.29 is 4.79 Å². The molecule has 0 bridgehead atoms. The number of anilines is 1. The van der Waals surface area contributed by atoms with E-state index in [2.05, 4.69) is 20.6 Å². The first kappa shape index (κ1) is 17.5. The maximum Gasteiger partial charge on any atom is 0.257 e. The Morgan fingerprint density at radius 1 is 1.33 bits per heavy atom. The Kier molecular flexibility index (Phi) is 5.92. The number of thiazole rings is 1. The van der Waals surface area contributed by atoms with E-state index in [-0.39, 0.29) is 5.91 Å². The molecule has 1 aliphatic rings. The summed E-state index contributed by atoms with van der Waals surface area (Å²) in [6, 6.07) is 5.97. The second kappa shape index (κ2) is 8.14. The Hall–Kier alpha value is -1.37. The van der Waals surface area contributed by atoms with Crippen LogP contribution in [0.2, 0.25) is 0 Å².